The van der Waals surface area contributed by atoms with Crippen LogP contribution in [-0.2, 0) is 6.42 Å². The summed E-state index contributed by atoms with van der Waals surface area (Å²) >= 11 is 5.10. The molecule has 0 saturated heterocycles. The Morgan fingerprint density at radius 3 is 2.56 bits per heavy atom. The van der Waals surface area contributed by atoms with E-state index in [-0.39, 0.29) is 5.78 Å². The molecule has 1 nitrogen and oxygen atoms in total. The van der Waals surface area contributed by atoms with E-state index in [0.29, 0.717) is 5.92 Å². The van der Waals surface area contributed by atoms with Crippen molar-refractivity contribution in [2.45, 2.75) is 27.2 Å². The minimum Gasteiger partial charge on any atom is -0.288 e. The third kappa shape index (κ3) is 2.80. The number of halogens is 1. The molecule has 0 N–H and O–H groups in total. The highest BCUT2D eigenvalue weighted by atomic mass is 79.9. The van der Waals surface area contributed by atoms with E-state index in [4.69, 9.17) is 0 Å². The maximum absolute atomic E-state index is 13.1. The summed E-state index contributed by atoms with van der Waals surface area (Å²) in [5.74, 6) is 0.593. The van der Waals surface area contributed by atoms with Crippen molar-refractivity contribution < 1.29 is 4.79 Å². The molecule has 2 aliphatic rings. The van der Waals surface area contributed by atoms with Crippen molar-refractivity contribution in [2.75, 3.05) is 0 Å². The number of thiophene rings is 1. The molecule has 0 unspecified atom stereocenters. The number of rotatable bonds is 3. The zero-order valence-electron chi connectivity index (χ0n) is 14.5. The lowest BCUT2D eigenvalue weighted by atomic mass is 9.98. The van der Waals surface area contributed by atoms with Gasteiger partial charge in [0.25, 0.3) is 0 Å². The molecule has 1 aromatic carbocycles. The van der Waals surface area contributed by atoms with Crippen molar-refractivity contribution in [3.63, 3.8) is 0 Å². The van der Waals surface area contributed by atoms with E-state index in [1.165, 1.54) is 27.2 Å². The zero-order valence-corrected chi connectivity index (χ0v) is 16.9. The molecule has 0 saturated carbocycles. The molecule has 3 heteroatoms. The second-order valence-electron chi connectivity index (χ2n) is 6.98. The minimum absolute atomic E-state index is 0.122. The third-order valence-corrected chi connectivity index (χ3v) is 6.64. The van der Waals surface area contributed by atoms with Crippen molar-refractivity contribution in [1.29, 1.82) is 0 Å². The molecule has 2 aliphatic carbocycles. The van der Waals surface area contributed by atoms with Crippen molar-refractivity contribution >= 4 is 44.7 Å². The Morgan fingerprint density at radius 2 is 1.88 bits per heavy atom. The fourth-order valence-corrected chi connectivity index (χ4v) is 5.08. The Bertz CT molecular complexity index is 968. The maximum atomic E-state index is 13.1. The molecule has 1 heterocycles. The summed E-state index contributed by atoms with van der Waals surface area (Å²) in [5, 5.41) is 0. The molecule has 0 amide bonds. The van der Waals surface area contributed by atoms with Gasteiger partial charge in [0.1, 0.15) is 0 Å². The molecule has 0 fully saturated rings. The predicted octanol–water partition coefficient (Wildman–Crippen LogP) is 6.68. The lowest BCUT2D eigenvalue weighted by molar-refractivity contribution is 0.104. The Morgan fingerprint density at radius 1 is 1.16 bits per heavy atom. The van der Waals surface area contributed by atoms with Crippen LogP contribution in [0.5, 0.6) is 0 Å². The number of carbonyl (C=O) groups excluding carboxylic acids is 1. The molecule has 1 aromatic heterocycles. The third-order valence-electron chi connectivity index (χ3n) is 4.91. The molecule has 0 spiro atoms. The van der Waals surface area contributed by atoms with Gasteiger partial charge in [0.2, 0.25) is 5.78 Å². The van der Waals surface area contributed by atoms with Gasteiger partial charge in [0.15, 0.2) is 0 Å². The van der Waals surface area contributed by atoms with E-state index in [9.17, 15) is 4.79 Å². The van der Waals surface area contributed by atoms with Gasteiger partial charge in [0.05, 0.1) is 4.88 Å². The number of allylic oxidation sites excluding steroid dienone is 5. The standard InChI is InChI=1S/C22H19BrOS/c1-12(2)15-6-9-17-20-18(11-15)13(3)10-19(20)25-22(17)21(24)14-4-7-16(23)8-5-14/h4-9,11-12H,10H2,1-3H3. The Balaban J connectivity index is 1.85. The molecule has 0 atom stereocenters. The van der Waals surface area contributed by atoms with Gasteiger partial charge in [-0.1, -0.05) is 53.6 Å². The Labute approximate surface area is 160 Å². The maximum Gasteiger partial charge on any atom is 0.203 e. The highest BCUT2D eigenvalue weighted by Gasteiger charge is 2.29. The van der Waals surface area contributed by atoms with Crippen molar-refractivity contribution in [3.05, 3.63) is 78.5 Å². The van der Waals surface area contributed by atoms with Crippen LogP contribution in [0, 0.1) is 5.92 Å². The molecule has 0 aliphatic heterocycles. The van der Waals surface area contributed by atoms with Crippen LogP contribution < -0.4 is 0 Å². The van der Waals surface area contributed by atoms with Gasteiger partial charge in [-0.25, -0.2) is 0 Å². The summed E-state index contributed by atoms with van der Waals surface area (Å²) in [4.78, 5) is 15.3. The van der Waals surface area contributed by atoms with Crippen LogP contribution in [0.15, 0.2) is 52.0 Å². The summed E-state index contributed by atoms with van der Waals surface area (Å²) < 4.78 is 0.988. The van der Waals surface area contributed by atoms with Crippen LogP contribution >= 0.6 is 27.3 Å². The smallest absolute Gasteiger partial charge is 0.203 e. The van der Waals surface area contributed by atoms with E-state index in [0.717, 1.165) is 26.9 Å². The first-order valence-electron chi connectivity index (χ1n) is 8.51. The number of carbonyl (C=O) groups is 1. The molecule has 25 heavy (non-hydrogen) atoms. The SMILES string of the molecule is CC1=C2C=C(C(C)C)C=Cc3c(C(=O)c4ccc(Br)cc4)sc(c32)C1. The summed E-state index contributed by atoms with van der Waals surface area (Å²) in [6.45, 7) is 6.64. The quantitative estimate of drug-likeness (QED) is 0.515. The van der Waals surface area contributed by atoms with Crippen LogP contribution in [0.25, 0.3) is 11.6 Å². The molecule has 0 radical (unpaired) electrons. The summed E-state index contributed by atoms with van der Waals surface area (Å²) in [5.41, 5.74) is 7.19. The van der Waals surface area contributed by atoms with Gasteiger partial charge in [-0.15, -0.1) is 11.3 Å². The number of benzene rings is 1. The lowest BCUT2D eigenvalue weighted by Crippen LogP contribution is -2.00. The van der Waals surface area contributed by atoms with Gasteiger partial charge in [-0.3, -0.25) is 4.79 Å². The first-order valence-corrected chi connectivity index (χ1v) is 10.1. The average molecular weight is 411 g/mol. The van der Waals surface area contributed by atoms with E-state index in [1.807, 2.05) is 24.3 Å². The van der Waals surface area contributed by atoms with E-state index < -0.39 is 0 Å². The fraction of sp³-hybridized carbons (Fsp3) is 0.227. The minimum atomic E-state index is 0.122. The summed E-state index contributed by atoms with van der Waals surface area (Å²) in [7, 11) is 0. The second-order valence-corrected chi connectivity index (χ2v) is 9.00. The normalized spacial score (nSPS) is 15.5. The number of hydrogen-bond donors (Lipinski definition) is 0. The van der Waals surface area contributed by atoms with Crippen LogP contribution in [-0.4, -0.2) is 5.78 Å². The van der Waals surface area contributed by atoms with Crippen LogP contribution in [0.1, 0.15) is 52.0 Å². The largest absolute Gasteiger partial charge is 0.288 e. The van der Waals surface area contributed by atoms with Gasteiger partial charge in [0, 0.05) is 32.5 Å². The summed E-state index contributed by atoms with van der Waals surface area (Å²) in [6.07, 6.45) is 7.62. The van der Waals surface area contributed by atoms with Crippen molar-refractivity contribution in [2.24, 2.45) is 5.92 Å². The Kier molecular flexibility index (Phi) is 4.17. The van der Waals surface area contributed by atoms with Crippen molar-refractivity contribution in [1.82, 2.24) is 0 Å². The first-order chi connectivity index (χ1) is 12.0. The number of hydrogen-bond acceptors (Lipinski definition) is 2. The second kappa shape index (κ2) is 6.22. The first kappa shape index (κ1) is 16.7. The molecule has 4 rings (SSSR count). The van der Waals surface area contributed by atoms with Crippen LogP contribution in [0.3, 0.4) is 0 Å². The van der Waals surface area contributed by atoms with Crippen molar-refractivity contribution in [3.8, 4) is 0 Å². The average Bonchev–Trinajstić information content (AvgIpc) is 2.97. The van der Waals surface area contributed by atoms with E-state index in [1.54, 1.807) is 11.3 Å². The monoisotopic (exact) mass is 410 g/mol. The van der Waals surface area contributed by atoms with E-state index in [2.05, 4.69) is 54.9 Å². The zero-order chi connectivity index (χ0) is 17.7. The van der Waals surface area contributed by atoms with Gasteiger partial charge in [-0.2, -0.15) is 0 Å². The molecular formula is C22H19BrOS. The molecule has 126 valence electrons. The summed E-state index contributed by atoms with van der Waals surface area (Å²) in [6, 6.07) is 7.64. The highest BCUT2D eigenvalue weighted by molar-refractivity contribution is 9.10. The van der Waals surface area contributed by atoms with Gasteiger partial charge >= 0.3 is 0 Å². The number of ketones is 1. The van der Waals surface area contributed by atoms with E-state index >= 15 is 0 Å². The van der Waals surface area contributed by atoms with Gasteiger partial charge < -0.3 is 0 Å². The van der Waals surface area contributed by atoms with Crippen LogP contribution in [0.2, 0.25) is 0 Å². The Hall–Kier alpha value is -1.71. The topological polar surface area (TPSA) is 17.1 Å². The highest BCUT2D eigenvalue weighted by Crippen LogP contribution is 2.46. The van der Waals surface area contributed by atoms with Gasteiger partial charge in [-0.05, 0) is 48.3 Å². The fourth-order valence-electron chi connectivity index (χ4n) is 3.47. The molecule has 2 aromatic rings. The lowest BCUT2D eigenvalue weighted by Gasteiger charge is -2.06. The molecule has 0 bridgehead atoms. The van der Waals surface area contributed by atoms with Crippen LogP contribution in [0.4, 0.5) is 0 Å². The molecular weight excluding hydrogens is 392 g/mol. The predicted molar refractivity (Wildman–Crippen MR) is 110 cm³/mol.